The molecule has 1 fully saturated rings. The number of hydrogen-bond acceptors (Lipinski definition) is 3. The van der Waals surface area contributed by atoms with E-state index in [1.165, 1.54) is 6.07 Å². The van der Waals surface area contributed by atoms with Crippen molar-refractivity contribution < 1.29 is 18.7 Å². The Hall–Kier alpha value is -1.30. The van der Waals surface area contributed by atoms with Crippen molar-refractivity contribution in [3.05, 3.63) is 28.5 Å². The summed E-state index contributed by atoms with van der Waals surface area (Å²) in [6.07, 6.45) is 1.46. The molecule has 1 aromatic rings. The topological polar surface area (TPSA) is 38.8 Å². The van der Waals surface area contributed by atoms with Gasteiger partial charge in [0.1, 0.15) is 17.2 Å². The molecule has 1 amide bonds. The fourth-order valence-electron chi connectivity index (χ4n) is 2.39. The lowest BCUT2D eigenvalue weighted by Gasteiger charge is -2.33. The Labute approximate surface area is 145 Å². The van der Waals surface area contributed by atoms with Crippen LogP contribution in [0.2, 0.25) is 0 Å². The highest BCUT2D eigenvalue weighted by Gasteiger charge is 2.27. The van der Waals surface area contributed by atoms with E-state index in [1.807, 2.05) is 20.8 Å². The standard InChI is InChI=1S/C17H23BrFNO3/c1-17(2,3)23-16(21)20-8-6-12(7-9-20)11-22-13-4-5-14(18)15(19)10-13/h4-5,10,12H,6-9,11H2,1-3H3. The van der Waals surface area contributed by atoms with Gasteiger partial charge in [0.2, 0.25) is 0 Å². The molecule has 0 bridgehead atoms. The molecule has 0 unspecified atom stereocenters. The van der Waals surface area contributed by atoms with Gasteiger partial charge in [0.05, 0.1) is 11.1 Å². The molecule has 0 spiro atoms. The van der Waals surface area contributed by atoms with E-state index in [1.54, 1.807) is 17.0 Å². The lowest BCUT2D eigenvalue weighted by atomic mass is 9.98. The van der Waals surface area contributed by atoms with Crippen molar-refractivity contribution in [1.29, 1.82) is 0 Å². The van der Waals surface area contributed by atoms with Crippen molar-refractivity contribution in [2.75, 3.05) is 19.7 Å². The molecule has 0 saturated carbocycles. The molecule has 0 aliphatic carbocycles. The SMILES string of the molecule is CC(C)(C)OC(=O)N1CCC(COc2ccc(Br)c(F)c2)CC1. The third-order valence-electron chi connectivity index (χ3n) is 3.64. The molecule has 1 heterocycles. The van der Waals surface area contributed by atoms with Gasteiger partial charge in [-0.25, -0.2) is 9.18 Å². The van der Waals surface area contributed by atoms with Gasteiger partial charge >= 0.3 is 6.09 Å². The van der Waals surface area contributed by atoms with Crippen molar-refractivity contribution >= 4 is 22.0 Å². The van der Waals surface area contributed by atoms with Crippen LogP contribution in [0.5, 0.6) is 5.75 Å². The van der Waals surface area contributed by atoms with Crippen molar-refractivity contribution in [3.63, 3.8) is 0 Å². The summed E-state index contributed by atoms with van der Waals surface area (Å²) in [5.74, 6) is 0.558. The summed E-state index contributed by atoms with van der Waals surface area (Å²) in [6, 6.07) is 4.75. The predicted molar refractivity (Wildman–Crippen MR) is 90.1 cm³/mol. The first kappa shape index (κ1) is 18.0. The number of carbonyl (C=O) groups is 1. The molecule has 1 aliphatic heterocycles. The molecule has 6 heteroatoms. The number of benzene rings is 1. The molecule has 2 rings (SSSR count). The molecule has 1 aromatic carbocycles. The zero-order chi connectivity index (χ0) is 17.0. The maximum absolute atomic E-state index is 13.4. The fraction of sp³-hybridized carbons (Fsp3) is 0.588. The number of nitrogens with zero attached hydrogens (tertiary/aromatic N) is 1. The average Bonchev–Trinajstić information content (AvgIpc) is 2.47. The summed E-state index contributed by atoms with van der Waals surface area (Å²) in [6.45, 7) is 7.45. The van der Waals surface area contributed by atoms with Gasteiger partial charge in [-0.1, -0.05) is 0 Å². The Morgan fingerprint density at radius 2 is 2.00 bits per heavy atom. The van der Waals surface area contributed by atoms with Gasteiger partial charge in [-0.15, -0.1) is 0 Å². The van der Waals surface area contributed by atoms with Crippen LogP contribution in [-0.2, 0) is 4.74 Å². The summed E-state index contributed by atoms with van der Waals surface area (Å²) in [4.78, 5) is 13.7. The second-order valence-corrected chi connectivity index (χ2v) is 7.65. The van der Waals surface area contributed by atoms with Crippen LogP contribution in [0.3, 0.4) is 0 Å². The Balaban J connectivity index is 1.76. The van der Waals surface area contributed by atoms with E-state index in [9.17, 15) is 9.18 Å². The van der Waals surface area contributed by atoms with E-state index < -0.39 is 5.60 Å². The Kier molecular flexibility index (Phi) is 5.89. The van der Waals surface area contributed by atoms with E-state index in [0.717, 1.165) is 12.8 Å². The smallest absolute Gasteiger partial charge is 0.410 e. The number of piperidine rings is 1. The molecular weight excluding hydrogens is 365 g/mol. The molecule has 128 valence electrons. The molecule has 0 N–H and O–H groups in total. The van der Waals surface area contributed by atoms with Crippen LogP contribution in [0.25, 0.3) is 0 Å². The number of rotatable bonds is 3. The van der Waals surface area contributed by atoms with Crippen LogP contribution in [-0.4, -0.2) is 36.3 Å². The minimum absolute atomic E-state index is 0.258. The highest BCUT2D eigenvalue weighted by atomic mass is 79.9. The van der Waals surface area contributed by atoms with Gasteiger partial charge < -0.3 is 14.4 Å². The third kappa shape index (κ3) is 5.68. The van der Waals surface area contributed by atoms with E-state index in [4.69, 9.17) is 9.47 Å². The number of amides is 1. The van der Waals surface area contributed by atoms with Crippen molar-refractivity contribution in [1.82, 2.24) is 4.90 Å². The first-order valence-electron chi connectivity index (χ1n) is 7.80. The van der Waals surface area contributed by atoms with Crippen LogP contribution in [0.15, 0.2) is 22.7 Å². The minimum Gasteiger partial charge on any atom is -0.493 e. The summed E-state index contributed by atoms with van der Waals surface area (Å²) in [5, 5.41) is 0. The number of carbonyl (C=O) groups excluding carboxylic acids is 1. The van der Waals surface area contributed by atoms with Gasteiger partial charge in [-0.05, 0) is 67.6 Å². The van der Waals surface area contributed by atoms with Crippen LogP contribution >= 0.6 is 15.9 Å². The zero-order valence-corrected chi connectivity index (χ0v) is 15.4. The Morgan fingerprint density at radius 1 is 1.35 bits per heavy atom. The van der Waals surface area contributed by atoms with Gasteiger partial charge in [0, 0.05) is 19.2 Å². The maximum Gasteiger partial charge on any atom is 0.410 e. The quantitative estimate of drug-likeness (QED) is 0.759. The fourth-order valence-corrected chi connectivity index (χ4v) is 2.64. The van der Waals surface area contributed by atoms with Gasteiger partial charge in [0.25, 0.3) is 0 Å². The maximum atomic E-state index is 13.4. The van der Waals surface area contributed by atoms with Gasteiger partial charge in [-0.3, -0.25) is 0 Å². The molecule has 0 aromatic heterocycles. The largest absolute Gasteiger partial charge is 0.493 e. The molecule has 1 saturated heterocycles. The van der Waals surface area contributed by atoms with Crippen molar-refractivity contribution in [2.45, 2.75) is 39.2 Å². The van der Waals surface area contributed by atoms with Crippen LogP contribution in [0.4, 0.5) is 9.18 Å². The summed E-state index contributed by atoms with van der Waals surface area (Å²) >= 11 is 3.12. The Bertz CT molecular complexity index is 551. The van der Waals surface area contributed by atoms with Crippen LogP contribution in [0, 0.1) is 11.7 Å². The monoisotopic (exact) mass is 387 g/mol. The average molecular weight is 388 g/mol. The van der Waals surface area contributed by atoms with Crippen LogP contribution < -0.4 is 4.74 Å². The van der Waals surface area contributed by atoms with Gasteiger partial charge in [-0.2, -0.15) is 0 Å². The Morgan fingerprint density at radius 3 is 2.57 bits per heavy atom. The van der Waals surface area contributed by atoms with Crippen LogP contribution in [0.1, 0.15) is 33.6 Å². The predicted octanol–water partition coefficient (Wildman–Crippen LogP) is 4.61. The first-order valence-corrected chi connectivity index (χ1v) is 8.59. The number of likely N-dealkylation sites (tertiary alicyclic amines) is 1. The summed E-state index contributed by atoms with van der Waals surface area (Å²) < 4.78 is 24.9. The van der Waals surface area contributed by atoms with E-state index in [0.29, 0.717) is 35.8 Å². The number of ether oxygens (including phenoxy) is 2. The third-order valence-corrected chi connectivity index (χ3v) is 4.29. The molecule has 1 aliphatic rings. The molecule has 0 radical (unpaired) electrons. The van der Waals surface area contributed by atoms with E-state index >= 15 is 0 Å². The normalized spacial score (nSPS) is 16.3. The minimum atomic E-state index is -0.470. The second-order valence-electron chi connectivity index (χ2n) is 6.80. The van der Waals surface area contributed by atoms with E-state index in [-0.39, 0.29) is 11.9 Å². The first-order chi connectivity index (χ1) is 10.7. The van der Waals surface area contributed by atoms with Crippen molar-refractivity contribution in [3.8, 4) is 5.75 Å². The molecule has 4 nitrogen and oxygen atoms in total. The summed E-state index contributed by atoms with van der Waals surface area (Å²) in [5.41, 5.74) is -0.470. The molecular formula is C17H23BrFNO3. The molecule has 0 atom stereocenters. The van der Waals surface area contributed by atoms with Crippen molar-refractivity contribution in [2.24, 2.45) is 5.92 Å². The zero-order valence-electron chi connectivity index (χ0n) is 13.8. The lowest BCUT2D eigenvalue weighted by Crippen LogP contribution is -2.42. The number of hydrogen-bond donors (Lipinski definition) is 0. The van der Waals surface area contributed by atoms with E-state index in [2.05, 4.69) is 15.9 Å². The van der Waals surface area contributed by atoms with Gasteiger partial charge in [0.15, 0.2) is 0 Å². The highest BCUT2D eigenvalue weighted by Crippen LogP contribution is 2.24. The second kappa shape index (κ2) is 7.51. The highest BCUT2D eigenvalue weighted by molar-refractivity contribution is 9.10. The number of halogens is 2. The summed E-state index contributed by atoms with van der Waals surface area (Å²) in [7, 11) is 0. The lowest BCUT2D eigenvalue weighted by molar-refractivity contribution is 0.0165. The molecule has 23 heavy (non-hydrogen) atoms.